The first kappa shape index (κ1) is 39.6. The molecule has 0 radical (unpaired) electrons. The molecule has 11 heteroatoms. The molecule has 0 fully saturated rings. The summed E-state index contributed by atoms with van der Waals surface area (Å²) in [5.41, 5.74) is 4.10. The average molecular weight is 781 g/mol. The van der Waals surface area contributed by atoms with Crippen LogP contribution in [-0.2, 0) is 32.3 Å². The van der Waals surface area contributed by atoms with E-state index in [9.17, 15) is 18.0 Å². The van der Waals surface area contributed by atoms with E-state index in [2.05, 4.69) is 23.8 Å². The number of anilines is 2. The van der Waals surface area contributed by atoms with Gasteiger partial charge in [0.05, 0.1) is 48.2 Å². The molecule has 0 aliphatic heterocycles. The average Bonchev–Trinajstić information content (AvgIpc) is 3.22. The van der Waals surface area contributed by atoms with Gasteiger partial charge in [0.2, 0.25) is 21.7 Å². The highest BCUT2D eigenvalue weighted by Crippen LogP contribution is 2.34. The smallest absolute Gasteiger partial charge is 0.228 e. The molecule has 0 aliphatic rings. The number of sulfone groups is 1. The lowest BCUT2D eigenvalue weighted by Gasteiger charge is -2.14. The lowest BCUT2D eigenvalue weighted by atomic mass is 10.1. The van der Waals surface area contributed by atoms with Crippen LogP contribution in [-0.4, -0.2) is 34.5 Å². The zero-order chi connectivity index (χ0) is 40.4. The topological polar surface area (TPSA) is 129 Å². The largest absolute Gasteiger partial charge is 0.496 e. The zero-order valence-corrected chi connectivity index (χ0v) is 32.2. The monoisotopic (exact) mass is 780 g/mol. The number of carbonyl (C=O) groups is 2. The fraction of sp³-hybridized carbons (Fsp3) is 0.0870. The van der Waals surface area contributed by atoms with E-state index in [1.54, 1.807) is 111 Å². The van der Waals surface area contributed by atoms with Crippen LogP contribution < -0.4 is 29.6 Å². The van der Waals surface area contributed by atoms with Gasteiger partial charge in [-0.1, -0.05) is 73.8 Å². The van der Waals surface area contributed by atoms with E-state index in [1.165, 1.54) is 24.3 Å². The maximum absolute atomic E-state index is 13.6. The molecule has 0 aliphatic carbocycles. The first-order valence-corrected chi connectivity index (χ1v) is 19.3. The van der Waals surface area contributed by atoms with Crippen LogP contribution in [0.4, 0.5) is 11.4 Å². The van der Waals surface area contributed by atoms with Gasteiger partial charge in [0, 0.05) is 11.1 Å². The third-order valence-corrected chi connectivity index (χ3v) is 10.6. The molecule has 288 valence electrons. The van der Waals surface area contributed by atoms with Crippen LogP contribution in [0.25, 0.3) is 12.2 Å². The molecule has 0 saturated carbocycles. The number of hydrogen-bond donors (Lipinski definition) is 2. The quantitative estimate of drug-likeness (QED) is 0.0994. The minimum atomic E-state index is -3.90. The summed E-state index contributed by atoms with van der Waals surface area (Å²) in [6, 6.07) is 36.9. The molecule has 2 amide bonds. The Bertz CT molecular complexity index is 2360. The van der Waals surface area contributed by atoms with Crippen molar-refractivity contribution in [1.29, 1.82) is 0 Å². The summed E-state index contributed by atoms with van der Waals surface area (Å²) in [7, 11) is -0.773. The van der Waals surface area contributed by atoms with Crippen LogP contribution in [0.1, 0.15) is 22.3 Å². The highest BCUT2D eigenvalue weighted by atomic mass is 32.2. The molecule has 0 unspecified atom stereocenters. The highest BCUT2D eigenvalue weighted by molar-refractivity contribution is 7.91. The summed E-state index contributed by atoms with van der Waals surface area (Å²) in [5.74, 6) is 2.27. The molecule has 0 atom stereocenters. The zero-order valence-electron chi connectivity index (χ0n) is 31.4. The second kappa shape index (κ2) is 18.0. The first-order valence-electron chi connectivity index (χ1n) is 17.8. The Labute approximate surface area is 331 Å². The predicted octanol–water partition coefficient (Wildman–Crippen LogP) is 9.77. The molecular weight excluding hydrogens is 741 g/mol. The van der Waals surface area contributed by atoms with Crippen LogP contribution in [0, 0.1) is 0 Å². The van der Waals surface area contributed by atoms with Gasteiger partial charge in [-0.15, -0.1) is 0 Å². The van der Waals surface area contributed by atoms with Crippen molar-refractivity contribution in [3.8, 4) is 34.5 Å². The van der Waals surface area contributed by atoms with Gasteiger partial charge in [-0.25, -0.2) is 8.42 Å². The van der Waals surface area contributed by atoms with E-state index in [0.29, 0.717) is 45.9 Å². The van der Waals surface area contributed by atoms with E-state index in [4.69, 9.17) is 18.9 Å². The number of hydrogen-bond acceptors (Lipinski definition) is 8. The second-order valence-corrected chi connectivity index (χ2v) is 14.6. The predicted molar refractivity (Wildman–Crippen MR) is 222 cm³/mol. The van der Waals surface area contributed by atoms with Gasteiger partial charge < -0.3 is 29.6 Å². The summed E-state index contributed by atoms with van der Waals surface area (Å²) in [5, 5.41) is 5.79. The molecule has 0 aromatic heterocycles. The summed E-state index contributed by atoms with van der Waals surface area (Å²) >= 11 is 0. The lowest BCUT2D eigenvalue weighted by Crippen LogP contribution is -2.15. The Morgan fingerprint density at radius 3 is 1.30 bits per heavy atom. The summed E-state index contributed by atoms with van der Waals surface area (Å²) in [6.45, 7) is 7.55. The highest BCUT2D eigenvalue weighted by Gasteiger charge is 2.19. The minimum Gasteiger partial charge on any atom is -0.496 e. The van der Waals surface area contributed by atoms with Crippen molar-refractivity contribution in [2.75, 3.05) is 24.9 Å². The number of ether oxygens (including phenoxy) is 4. The van der Waals surface area contributed by atoms with Crippen molar-refractivity contribution in [3.05, 3.63) is 169 Å². The van der Waals surface area contributed by atoms with E-state index in [0.717, 1.165) is 22.3 Å². The van der Waals surface area contributed by atoms with Crippen LogP contribution in [0.15, 0.2) is 156 Å². The third-order valence-electron chi connectivity index (χ3n) is 8.81. The van der Waals surface area contributed by atoms with Crippen LogP contribution >= 0.6 is 0 Å². The number of rotatable bonds is 16. The fourth-order valence-electron chi connectivity index (χ4n) is 5.91. The third kappa shape index (κ3) is 9.77. The SMILES string of the molecule is C=Cc1ccc(CC(=O)Nc2ccccc2Oc2ccc(S(=O)(=O)c3ccc(Oc4ccccc4NC(=O)Cc4ccc(C=C)c(OC)c4)cc3)cc2)cc1OC. The van der Waals surface area contributed by atoms with Crippen LogP contribution in [0.5, 0.6) is 34.5 Å². The van der Waals surface area contributed by atoms with Gasteiger partial charge in [-0.05, 0) is 96.1 Å². The molecule has 57 heavy (non-hydrogen) atoms. The Hall–Kier alpha value is -7.11. The van der Waals surface area contributed by atoms with Gasteiger partial charge in [0.25, 0.3) is 0 Å². The molecule has 6 aromatic rings. The standard InChI is InChI=1S/C46H40N2O8S/c1-5-33-17-15-31(27-43(33)53-3)29-45(49)47-39-11-7-9-13-41(39)55-35-19-23-37(24-20-35)57(51,52)38-25-21-36(22-26-38)56-42-14-10-8-12-40(42)48-46(50)30-32-16-18-34(6-2)44(28-32)54-4/h5-28H,1-2,29-30H2,3-4H3,(H,47,49)(H,48,50). The fourth-order valence-corrected chi connectivity index (χ4v) is 7.17. The van der Waals surface area contributed by atoms with E-state index >= 15 is 0 Å². The maximum Gasteiger partial charge on any atom is 0.228 e. The van der Waals surface area contributed by atoms with E-state index in [1.807, 2.05) is 24.3 Å². The van der Waals surface area contributed by atoms with Gasteiger partial charge in [0.1, 0.15) is 23.0 Å². The number of carbonyl (C=O) groups excluding carboxylic acids is 2. The Kier molecular flexibility index (Phi) is 12.5. The van der Waals surface area contributed by atoms with Crippen molar-refractivity contribution in [3.63, 3.8) is 0 Å². The molecule has 0 saturated heterocycles. The normalized spacial score (nSPS) is 10.8. The van der Waals surface area contributed by atoms with Gasteiger partial charge in [-0.2, -0.15) is 0 Å². The Morgan fingerprint density at radius 1 is 0.544 bits per heavy atom. The first-order chi connectivity index (χ1) is 27.6. The number of benzene rings is 6. The Balaban J connectivity index is 1.08. The van der Waals surface area contributed by atoms with Crippen molar-refractivity contribution in [1.82, 2.24) is 0 Å². The molecule has 2 N–H and O–H groups in total. The molecule has 6 rings (SSSR count). The summed E-state index contributed by atoms with van der Waals surface area (Å²) < 4.78 is 50.1. The molecule has 10 nitrogen and oxygen atoms in total. The second-order valence-electron chi connectivity index (χ2n) is 12.7. The van der Waals surface area contributed by atoms with Gasteiger partial charge in [0.15, 0.2) is 11.5 Å². The molecule has 0 bridgehead atoms. The number of methoxy groups -OCH3 is 2. The molecular formula is C46H40N2O8S. The molecule has 0 spiro atoms. The van der Waals surface area contributed by atoms with Crippen LogP contribution in [0.3, 0.4) is 0 Å². The molecule has 6 aromatic carbocycles. The van der Waals surface area contributed by atoms with Crippen molar-refractivity contribution >= 4 is 45.2 Å². The van der Waals surface area contributed by atoms with Gasteiger partial charge in [-0.3, -0.25) is 9.59 Å². The molecule has 0 heterocycles. The lowest BCUT2D eigenvalue weighted by molar-refractivity contribution is -0.116. The van der Waals surface area contributed by atoms with E-state index < -0.39 is 9.84 Å². The minimum absolute atomic E-state index is 0.0628. The summed E-state index contributed by atoms with van der Waals surface area (Å²) in [6.07, 6.45) is 3.59. The maximum atomic E-state index is 13.6. The number of amides is 2. The summed E-state index contributed by atoms with van der Waals surface area (Å²) in [4.78, 5) is 26.1. The van der Waals surface area contributed by atoms with Crippen molar-refractivity contribution in [2.45, 2.75) is 22.6 Å². The van der Waals surface area contributed by atoms with Crippen LogP contribution in [0.2, 0.25) is 0 Å². The Morgan fingerprint density at radius 2 is 0.930 bits per heavy atom. The van der Waals surface area contributed by atoms with E-state index in [-0.39, 0.29) is 34.4 Å². The van der Waals surface area contributed by atoms with Crippen molar-refractivity contribution < 1.29 is 37.0 Å². The van der Waals surface area contributed by atoms with Gasteiger partial charge >= 0.3 is 0 Å². The number of para-hydroxylation sites is 4. The van der Waals surface area contributed by atoms with Crippen molar-refractivity contribution in [2.24, 2.45) is 0 Å². The number of nitrogens with one attached hydrogen (secondary N) is 2.